The number of hydrogen-bond donors (Lipinski definition) is 1. The second kappa shape index (κ2) is 7.52. The summed E-state index contributed by atoms with van der Waals surface area (Å²) in [5.74, 6) is 1.19. The van der Waals surface area contributed by atoms with E-state index < -0.39 is 0 Å². The molecule has 1 rings (SSSR count). The van der Waals surface area contributed by atoms with Gasteiger partial charge in [-0.3, -0.25) is 0 Å². The SMILES string of the molecule is CCC(CNCC(C)C)Cc1ccc(F)cc1C. The van der Waals surface area contributed by atoms with E-state index in [2.05, 4.69) is 26.1 Å². The molecule has 0 fully saturated rings. The van der Waals surface area contributed by atoms with Crippen molar-refractivity contribution in [1.29, 1.82) is 0 Å². The highest BCUT2D eigenvalue weighted by Gasteiger charge is 2.09. The molecule has 0 radical (unpaired) electrons. The molecule has 0 bridgehead atoms. The van der Waals surface area contributed by atoms with Gasteiger partial charge >= 0.3 is 0 Å². The van der Waals surface area contributed by atoms with E-state index in [-0.39, 0.29) is 5.82 Å². The quantitative estimate of drug-likeness (QED) is 0.773. The van der Waals surface area contributed by atoms with Crippen LogP contribution in [-0.4, -0.2) is 13.1 Å². The summed E-state index contributed by atoms with van der Waals surface area (Å²) in [4.78, 5) is 0. The minimum atomic E-state index is -0.137. The van der Waals surface area contributed by atoms with Crippen molar-refractivity contribution in [1.82, 2.24) is 5.32 Å². The first kappa shape index (κ1) is 15.2. The lowest BCUT2D eigenvalue weighted by atomic mass is 9.94. The highest BCUT2D eigenvalue weighted by Crippen LogP contribution is 2.16. The number of nitrogens with one attached hydrogen (secondary N) is 1. The average Bonchev–Trinajstić information content (AvgIpc) is 2.30. The minimum absolute atomic E-state index is 0.137. The molecular weight excluding hydrogens is 225 g/mol. The topological polar surface area (TPSA) is 12.0 Å². The van der Waals surface area contributed by atoms with Crippen LogP contribution in [0.15, 0.2) is 18.2 Å². The molecule has 0 saturated carbocycles. The number of benzene rings is 1. The van der Waals surface area contributed by atoms with Crippen molar-refractivity contribution in [2.24, 2.45) is 11.8 Å². The van der Waals surface area contributed by atoms with E-state index in [0.29, 0.717) is 11.8 Å². The summed E-state index contributed by atoms with van der Waals surface area (Å²) in [7, 11) is 0. The third kappa shape index (κ3) is 5.18. The van der Waals surface area contributed by atoms with Crippen LogP contribution in [-0.2, 0) is 6.42 Å². The van der Waals surface area contributed by atoms with Crippen molar-refractivity contribution >= 4 is 0 Å². The fraction of sp³-hybridized carbons (Fsp3) is 0.625. The molecule has 0 aromatic heterocycles. The molecule has 0 spiro atoms. The van der Waals surface area contributed by atoms with E-state index in [1.807, 2.05) is 13.0 Å². The summed E-state index contributed by atoms with van der Waals surface area (Å²) in [6, 6.07) is 5.12. The number of aryl methyl sites for hydroxylation is 1. The summed E-state index contributed by atoms with van der Waals surface area (Å²) < 4.78 is 13.0. The summed E-state index contributed by atoms with van der Waals surface area (Å²) in [6.45, 7) is 10.8. The molecule has 1 aromatic carbocycles. The van der Waals surface area contributed by atoms with Crippen molar-refractivity contribution < 1.29 is 4.39 Å². The fourth-order valence-electron chi connectivity index (χ4n) is 2.14. The predicted molar refractivity (Wildman–Crippen MR) is 76.3 cm³/mol. The Bertz CT molecular complexity index is 360. The predicted octanol–water partition coefficient (Wildman–Crippen LogP) is 3.95. The van der Waals surface area contributed by atoms with Gasteiger partial charge in [0.15, 0.2) is 0 Å². The third-order valence-electron chi connectivity index (χ3n) is 3.38. The Labute approximate surface area is 111 Å². The molecule has 0 aliphatic heterocycles. The van der Waals surface area contributed by atoms with Crippen LogP contribution < -0.4 is 5.32 Å². The van der Waals surface area contributed by atoms with E-state index >= 15 is 0 Å². The van der Waals surface area contributed by atoms with Gasteiger partial charge < -0.3 is 5.32 Å². The molecule has 0 aliphatic rings. The van der Waals surface area contributed by atoms with E-state index in [1.54, 1.807) is 12.1 Å². The molecule has 0 saturated heterocycles. The van der Waals surface area contributed by atoms with Crippen LogP contribution in [0.5, 0.6) is 0 Å². The summed E-state index contributed by atoms with van der Waals surface area (Å²) in [5.41, 5.74) is 2.34. The van der Waals surface area contributed by atoms with Crippen molar-refractivity contribution in [2.75, 3.05) is 13.1 Å². The highest BCUT2D eigenvalue weighted by atomic mass is 19.1. The molecule has 0 aliphatic carbocycles. The summed E-state index contributed by atoms with van der Waals surface area (Å²) in [6.07, 6.45) is 2.19. The van der Waals surface area contributed by atoms with Gasteiger partial charge in [0.1, 0.15) is 5.82 Å². The first-order valence-electron chi connectivity index (χ1n) is 6.98. The lowest BCUT2D eigenvalue weighted by molar-refractivity contribution is 0.437. The van der Waals surface area contributed by atoms with Crippen LogP contribution in [0.1, 0.15) is 38.3 Å². The van der Waals surface area contributed by atoms with Crippen LogP contribution >= 0.6 is 0 Å². The Morgan fingerprint density at radius 3 is 2.50 bits per heavy atom. The lowest BCUT2D eigenvalue weighted by Crippen LogP contribution is -2.27. The zero-order valence-electron chi connectivity index (χ0n) is 12.1. The maximum absolute atomic E-state index is 13.0. The molecule has 1 nitrogen and oxygen atoms in total. The fourth-order valence-corrected chi connectivity index (χ4v) is 2.14. The van der Waals surface area contributed by atoms with Gasteiger partial charge in [0.05, 0.1) is 0 Å². The Balaban J connectivity index is 2.51. The maximum Gasteiger partial charge on any atom is 0.123 e. The molecule has 0 amide bonds. The first-order chi connectivity index (χ1) is 8.52. The zero-order chi connectivity index (χ0) is 13.5. The largest absolute Gasteiger partial charge is 0.316 e. The Morgan fingerprint density at radius 1 is 1.22 bits per heavy atom. The molecule has 1 aromatic rings. The second-order valence-electron chi connectivity index (χ2n) is 5.60. The second-order valence-corrected chi connectivity index (χ2v) is 5.60. The van der Waals surface area contributed by atoms with E-state index in [0.717, 1.165) is 31.5 Å². The monoisotopic (exact) mass is 251 g/mol. The van der Waals surface area contributed by atoms with Gasteiger partial charge in [0.25, 0.3) is 0 Å². The molecule has 1 atom stereocenters. The van der Waals surface area contributed by atoms with E-state index in [1.165, 1.54) is 5.56 Å². The minimum Gasteiger partial charge on any atom is -0.316 e. The van der Waals surface area contributed by atoms with Crippen LogP contribution in [0.25, 0.3) is 0 Å². The summed E-state index contributed by atoms with van der Waals surface area (Å²) >= 11 is 0. The zero-order valence-corrected chi connectivity index (χ0v) is 12.1. The molecule has 0 heterocycles. The number of halogens is 1. The van der Waals surface area contributed by atoms with Crippen LogP contribution in [0.2, 0.25) is 0 Å². The van der Waals surface area contributed by atoms with Gasteiger partial charge in [-0.2, -0.15) is 0 Å². The van der Waals surface area contributed by atoms with E-state index in [9.17, 15) is 4.39 Å². The molecule has 2 heteroatoms. The number of rotatable bonds is 7. The summed E-state index contributed by atoms with van der Waals surface area (Å²) in [5, 5.41) is 3.51. The van der Waals surface area contributed by atoms with Gasteiger partial charge in [-0.15, -0.1) is 0 Å². The number of hydrogen-bond acceptors (Lipinski definition) is 1. The standard InChI is InChI=1S/C16H26FN/c1-5-14(11-18-10-12(2)3)9-15-6-7-16(17)8-13(15)4/h6-8,12,14,18H,5,9-11H2,1-4H3. The lowest BCUT2D eigenvalue weighted by Gasteiger charge is -2.18. The Hall–Kier alpha value is -0.890. The Morgan fingerprint density at radius 2 is 1.94 bits per heavy atom. The Kier molecular flexibility index (Phi) is 6.34. The molecule has 18 heavy (non-hydrogen) atoms. The van der Waals surface area contributed by atoms with Crippen LogP contribution in [0, 0.1) is 24.6 Å². The van der Waals surface area contributed by atoms with E-state index in [4.69, 9.17) is 0 Å². The van der Waals surface area contributed by atoms with Gasteiger partial charge in [-0.1, -0.05) is 33.3 Å². The molecule has 1 N–H and O–H groups in total. The highest BCUT2D eigenvalue weighted by molar-refractivity contribution is 5.26. The van der Waals surface area contributed by atoms with Crippen molar-refractivity contribution in [3.63, 3.8) is 0 Å². The average molecular weight is 251 g/mol. The van der Waals surface area contributed by atoms with Gasteiger partial charge in [0, 0.05) is 0 Å². The van der Waals surface area contributed by atoms with Gasteiger partial charge in [-0.25, -0.2) is 4.39 Å². The molecule has 102 valence electrons. The maximum atomic E-state index is 13.0. The van der Waals surface area contributed by atoms with Crippen LogP contribution in [0.4, 0.5) is 4.39 Å². The van der Waals surface area contributed by atoms with Crippen molar-refractivity contribution in [3.8, 4) is 0 Å². The van der Waals surface area contributed by atoms with Crippen molar-refractivity contribution in [2.45, 2.75) is 40.5 Å². The molecule has 1 unspecified atom stereocenters. The van der Waals surface area contributed by atoms with Gasteiger partial charge in [-0.05, 0) is 61.5 Å². The third-order valence-corrected chi connectivity index (χ3v) is 3.38. The van der Waals surface area contributed by atoms with Crippen molar-refractivity contribution in [3.05, 3.63) is 35.1 Å². The normalized spacial score (nSPS) is 13.0. The first-order valence-corrected chi connectivity index (χ1v) is 6.98. The molecular formula is C16H26FN. The smallest absolute Gasteiger partial charge is 0.123 e. The van der Waals surface area contributed by atoms with Crippen LogP contribution in [0.3, 0.4) is 0 Å². The van der Waals surface area contributed by atoms with Gasteiger partial charge in [0.2, 0.25) is 0 Å².